The van der Waals surface area contributed by atoms with Crippen LogP contribution in [0.1, 0.15) is 29.6 Å². The first-order valence-electron chi connectivity index (χ1n) is 5.48. The van der Waals surface area contributed by atoms with Crippen molar-refractivity contribution in [1.29, 1.82) is 0 Å². The molecule has 2 amide bonds. The van der Waals surface area contributed by atoms with Gasteiger partial charge >= 0.3 is 0 Å². The third kappa shape index (κ3) is 2.43. The highest BCUT2D eigenvalue weighted by Crippen LogP contribution is 2.27. The Morgan fingerprint density at radius 1 is 1.35 bits per heavy atom. The number of nitrogens with one attached hydrogen (secondary N) is 1. The van der Waals surface area contributed by atoms with Crippen LogP contribution in [0.3, 0.4) is 0 Å². The molecular formula is C12H13FN2O2. The van der Waals surface area contributed by atoms with Crippen LogP contribution in [0.5, 0.6) is 0 Å². The number of benzene rings is 1. The fourth-order valence-corrected chi connectivity index (χ4v) is 1.71. The van der Waals surface area contributed by atoms with E-state index in [4.69, 9.17) is 5.73 Å². The quantitative estimate of drug-likeness (QED) is 0.837. The summed E-state index contributed by atoms with van der Waals surface area (Å²) in [4.78, 5) is 22.6. The molecule has 0 bridgehead atoms. The molecule has 1 aromatic carbocycles. The lowest BCUT2D eigenvalue weighted by Gasteiger charge is -2.24. The predicted molar refractivity (Wildman–Crippen MR) is 60.9 cm³/mol. The molecule has 4 nitrogen and oxygen atoms in total. The molecule has 0 heterocycles. The van der Waals surface area contributed by atoms with E-state index >= 15 is 0 Å². The lowest BCUT2D eigenvalue weighted by atomic mass is 9.85. The second-order valence-corrected chi connectivity index (χ2v) is 4.18. The van der Waals surface area contributed by atoms with E-state index in [-0.39, 0.29) is 17.4 Å². The Hall–Kier alpha value is -1.91. The zero-order chi connectivity index (χ0) is 12.4. The maximum Gasteiger partial charge on any atom is 0.251 e. The van der Waals surface area contributed by atoms with E-state index in [9.17, 15) is 14.0 Å². The fourth-order valence-electron chi connectivity index (χ4n) is 1.71. The van der Waals surface area contributed by atoms with Gasteiger partial charge in [-0.25, -0.2) is 4.39 Å². The molecule has 5 heteroatoms. The van der Waals surface area contributed by atoms with Crippen LogP contribution < -0.4 is 11.1 Å². The van der Waals surface area contributed by atoms with E-state index in [1.807, 2.05) is 0 Å². The molecule has 3 N–H and O–H groups in total. The lowest BCUT2D eigenvalue weighted by Crippen LogP contribution is -2.28. The van der Waals surface area contributed by atoms with Crippen molar-refractivity contribution in [2.24, 2.45) is 11.7 Å². The Bertz CT molecular complexity index is 470. The Labute approximate surface area is 98.0 Å². The standard InChI is InChI=1S/C12H13FN2O2/c13-10-5-4-8(6-9(10)11(14)16)15-12(17)7-2-1-3-7/h4-7H,1-3H2,(H2,14,16)(H,15,17). The van der Waals surface area contributed by atoms with Crippen molar-refractivity contribution in [3.8, 4) is 0 Å². The van der Waals surface area contributed by atoms with Crippen molar-refractivity contribution in [3.63, 3.8) is 0 Å². The minimum absolute atomic E-state index is 0.0390. The maximum absolute atomic E-state index is 13.2. The minimum Gasteiger partial charge on any atom is -0.366 e. The number of nitrogens with two attached hydrogens (primary N) is 1. The van der Waals surface area contributed by atoms with Crippen molar-refractivity contribution >= 4 is 17.5 Å². The first-order chi connectivity index (χ1) is 8.08. The maximum atomic E-state index is 13.2. The van der Waals surface area contributed by atoms with Gasteiger partial charge in [-0.15, -0.1) is 0 Å². The molecule has 0 radical (unpaired) electrons. The highest BCUT2D eigenvalue weighted by atomic mass is 19.1. The van der Waals surface area contributed by atoms with Crippen LogP contribution in [-0.2, 0) is 4.79 Å². The Morgan fingerprint density at radius 2 is 2.06 bits per heavy atom. The summed E-state index contributed by atoms with van der Waals surface area (Å²) in [7, 11) is 0. The zero-order valence-corrected chi connectivity index (χ0v) is 9.20. The van der Waals surface area contributed by atoms with E-state index < -0.39 is 11.7 Å². The number of primary amides is 1. The van der Waals surface area contributed by atoms with Gasteiger partial charge in [0.25, 0.3) is 5.91 Å². The topological polar surface area (TPSA) is 72.2 Å². The zero-order valence-electron chi connectivity index (χ0n) is 9.20. The minimum atomic E-state index is -0.845. The van der Waals surface area contributed by atoms with Gasteiger partial charge in [0.15, 0.2) is 0 Å². The summed E-state index contributed by atoms with van der Waals surface area (Å²) in [6, 6.07) is 3.79. The first-order valence-corrected chi connectivity index (χ1v) is 5.48. The molecule has 0 spiro atoms. The molecule has 0 aliphatic heterocycles. The summed E-state index contributed by atoms with van der Waals surface area (Å²) in [5.41, 5.74) is 5.21. The van der Waals surface area contributed by atoms with Crippen LogP contribution in [-0.4, -0.2) is 11.8 Å². The monoisotopic (exact) mass is 236 g/mol. The number of carbonyl (C=O) groups excluding carboxylic acids is 2. The Balaban J connectivity index is 2.13. The summed E-state index contributed by atoms with van der Waals surface area (Å²) in [5, 5.41) is 2.65. The summed E-state index contributed by atoms with van der Waals surface area (Å²) in [6.45, 7) is 0. The molecule has 1 fully saturated rings. The number of rotatable bonds is 3. The second-order valence-electron chi connectivity index (χ2n) is 4.18. The van der Waals surface area contributed by atoms with Crippen molar-refractivity contribution < 1.29 is 14.0 Å². The molecule has 17 heavy (non-hydrogen) atoms. The molecule has 1 aromatic rings. The van der Waals surface area contributed by atoms with Crippen LogP contribution in [0.4, 0.5) is 10.1 Å². The number of hydrogen-bond acceptors (Lipinski definition) is 2. The average Bonchev–Trinajstić information content (AvgIpc) is 2.17. The van der Waals surface area contributed by atoms with Crippen LogP contribution in [0.15, 0.2) is 18.2 Å². The van der Waals surface area contributed by atoms with Gasteiger partial charge in [-0.1, -0.05) is 6.42 Å². The van der Waals surface area contributed by atoms with Gasteiger partial charge in [-0.05, 0) is 31.0 Å². The molecular weight excluding hydrogens is 223 g/mol. The summed E-state index contributed by atoms with van der Waals surface area (Å²) >= 11 is 0. The number of amides is 2. The van der Waals surface area contributed by atoms with Crippen LogP contribution in [0.2, 0.25) is 0 Å². The number of halogens is 1. The predicted octanol–water partition coefficient (Wildman–Crippen LogP) is 1.66. The molecule has 1 saturated carbocycles. The van der Waals surface area contributed by atoms with E-state index in [2.05, 4.69) is 5.32 Å². The van der Waals surface area contributed by atoms with Gasteiger partial charge in [-0.2, -0.15) is 0 Å². The summed E-state index contributed by atoms with van der Waals surface area (Å²) in [5.74, 6) is -1.57. The highest BCUT2D eigenvalue weighted by Gasteiger charge is 2.25. The Morgan fingerprint density at radius 3 is 2.59 bits per heavy atom. The molecule has 1 aliphatic carbocycles. The van der Waals surface area contributed by atoms with Gasteiger partial charge in [0.05, 0.1) is 5.56 Å². The lowest BCUT2D eigenvalue weighted by molar-refractivity contribution is -0.122. The largest absolute Gasteiger partial charge is 0.366 e. The SMILES string of the molecule is NC(=O)c1cc(NC(=O)C2CCC2)ccc1F. The van der Waals surface area contributed by atoms with Crippen LogP contribution in [0.25, 0.3) is 0 Å². The van der Waals surface area contributed by atoms with E-state index in [1.54, 1.807) is 0 Å². The van der Waals surface area contributed by atoms with E-state index in [1.165, 1.54) is 12.1 Å². The second kappa shape index (κ2) is 4.53. The number of anilines is 1. The molecule has 1 aliphatic rings. The fraction of sp³-hybridized carbons (Fsp3) is 0.333. The van der Waals surface area contributed by atoms with Gasteiger partial charge in [0, 0.05) is 11.6 Å². The number of carbonyl (C=O) groups is 2. The summed E-state index contributed by atoms with van der Waals surface area (Å²) < 4.78 is 13.2. The van der Waals surface area contributed by atoms with Gasteiger partial charge in [0.2, 0.25) is 5.91 Å². The summed E-state index contributed by atoms with van der Waals surface area (Å²) in [6.07, 6.45) is 2.83. The van der Waals surface area contributed by atoms with Crippen molar-refractivity contribution in [1.82, 2.24) is 0 Å². The van der Waals surface area contributed by atoms with Crippen molar-refractivity contribution in [3.05, 3.63) is 29.6 Å². The average molecular weight is 236 g/mol. The van der Waals surface area contributed by atoms with Crippen LogP contribution >= 0.6 is 0 Å². The third-order valence-corrected chi connectivity index (χ3v) is 2.98. The van der Waals surface area contributed by atoms with Gasteiger partial charge in [0.1, 0.15) is 5.82 Å². The molecule has 0 aromatic heterocycles. The molecule has 90 valence electrons. The molecule has 0 atom stereocenters. The van der Waals surface area contributed by atoms with Gasteiger partial charge < -0.3 is 11.1 Å². The normalized spacial score (nSPS) is 15.1. The third-order valence-electron chi connectivity index (χ3n) is 2.98. The highest BCUT2D eigenvalue weighted by molar-refractivity contribution is 5.97. The Kier molecular flexibility index (Phi) is 3.08. The first kappa shape index (κ1) is 11.6. The van der Waals surface area contributed by atoms with E-state index in [0.29, 0.717) is 5.69 Å². The smallest absolute Gasteiger partial charge is 0.251 e. The molecule has 0 unspecified atom stereocenters. The van der Waals surface area contributed by atoms with Crippen molar-refractivity contribution in [2.45, 2.75) is 19.3 Å². The molecule has 0 saturated heterocycles. The van der Waals surface area contributed by atoms with Gasteiger partial charge in [-0.3, -0.25) is 9.59 Å². The molecule has 2 rings (SSSR count). The van der Waals surface area contributed by atoms with E-state index in [0.717, 1.165) is 25.3 Å². The number of hydrogen-bond donors (Lipinski definition) is 2. The van der Waals surface area contributed by atoms with Crippen LogP contribution in [0, 0.1) is 11.7 Å². The van der Waals surface area contributed by atoms with Crippen molar-refractivity contribution in [2.75, 3.05) is 5.32 Å².